The lowest BCUT2D eigenvalue weighted by Crippen LogP contribution is -2.48. The molecular weight excluding hydrogens is 294 g/mol. The molecule has 1 aliphatic rings. The molecule has 1 aliphatic heterocycles. The molecule has 1 saturated heterocycles. The van der Waals surface area contributed by atoms with E-state index in [1.54, 1.807) is 18.0 Å². The van der Waals surface area contributed by atoms with Crippen LogP contribution in [0.15, 0.2) is 6.20 Å². The molecule has 0 spiro atoms. The van der Waals surface area contributed by atoms with Gasteiger partial charge in [-0.3, -0.25) is 14.3 Å². The first-order chi connectivity index (χ1) is 10.8. The Morgan fingerprint density at radius 2 is 2.13 bits per heavy atom. The Kier molecular flexibility index (Phi) is 5.12. The summed E-state index contributed by atoms with van der Waals surface area (Å²) in [7, 11) is 0. The van der Waals surface area contributed by atoms with Gasteiger partial charge in [0.25, 0.3) is 5.91 Å². The van der Waals surface area contributed by atoms with E-state index < -0.39 is 11.4 Å². The van der Waals surface area contributed by atoms with Gasteiger partial charge < -0.3 is 10.0 Å². The van der Waals surface area contributed by atoms with Crippen LogP contribution in [0.4, 0.5) is 0 Å². The fraction of sp³-hybridized carbons (Fsp3) is 0.706. The number of carboxylic acid groups (broad SMARTS) is 1. The van der Waals surface area contributed by atoms with Crippen molar-refractivity contribution in [2.75, 3.05) is 13.1 Å². The van der Waals surface area contributed by atoms with E-state index >= 15 is 0 Å². The zero-order valence-corrected chi connectivity index (χ0v) is 14.5. The van der Waals surface area contributed by atoms with E-state index in [9.17, 15) is 14.7 Å². The third-order valence-electron chi connectivity index (χ3n) is 4.55. The lowest BCUT2D eigenvalue weighted by atomic mass is 9.82. The molecule has 0 aromatic carbocycles. The molecular formula is C17H27N3O3. The highest BCUT2D eigenvalue weighted by Crippen LogP contribution is 2.30. The van der Waals surface area contributed by atoms with Crippen molar-refractivity contribution >= 4 is 11.9 Å². The Bertz CT molecular complexity index is 594. The Morgan fingerprint density at radius 3 is 2.70 bits per heavy atom. The molecule has 23 heavy (non-hydrogen) atoms. The first kappa shape index (κ1) is 17.5. The highest BCUT2D eigenvalue weighted by molar-refractivity contribution is 5.95. The predicted molar refractivity (Wildman–Crippen MR) is 87.3 cm³/mol. The first-order valence-electron chi connectivity index (χ1n) is 8.36. The average Bonchev–Trinajstić information content (AvgIpc) is 2.88. The summed E-state index contributed by atoms with van der Waals surface area (Å²) >= 11 is 0. The molecule has 1 unspecified atom stereocenters. The zero-order chi connectivity index (χ0) is 17.2. The highest BCUT2D eigenvalue weighted by atomic mass is 16.4. The molecule has 1 amide bonds. The first-order valence-corrected chi connectivity index (χ1v) is 8.36. The van der Waals surface area contributed by atoms with E-state index in [2.05, 4.69) is 18.9 Å². The summed E-state index contributed by atoms with van der Waals surface area (Å²) < 4.78 is 1.90. The summed E-state index contributed by atoms with van der Waals surface area (Å²) in [6.07, 6.45) is 3.70. The number of hydrogen-bond acceptors (Lipinski definition) is 3. The average molecular weight is 321 g/mol. The number of piperidine rings is 1. The van der Waals surface area contributed by atoms with Crippen LogP contribution in [0.25, 0.3) is 0 Å². The topological polar surface area (TPSA) is 75.4 Å². The molecule has 1 atom stereocenters. The molecule has 0 radical (unpaired) electrons. The second-order valence-electron chi connectivity index (χ2n) is 7.13. The van der Waals surface area contributed by atoms with Gasteiger partial charge in [0, 0.05) is 19.6 Å². The largest absolute Gasteiger partial charge is 0.481 e. The minimum atomic E-state index is -0.853. The van der Waals surface area contributed by atoms with Crippen LogP contribution in [0.3, 0.4) is 0 Å². The van der Waals surface area contributed by atoms with Crippen LogP contribution in [0.2, 0.25) is 0 Å². The number of carbonyl (C=O) groups excluding carboxylic acids is 1. The SMILES string of the molecule is CCc1c(C(=O)N2CCCC(C)(C(=O)O)C2)cnn1CC(C)C. The molecule has 6 heteroatoms. The van der Waals surface area contributed by atoms with Crippen LogP contribution < -0.4 is 0 Å². The van der Waals surface area contributed by atoms with E-state index in [-0.39, 0.29) is 12.5 Å². The van der Waals surface area contributed by atoms with Gasteiger partial charge in [-0.05, 0) is 32.1 Å². The van der Waals surface area contributed by atoms with E-state index in [1.807, 2.05) is 11.6 Å². The quantitative estimate of drug-likeness (QED) is 0.904. The van der Waals surface area contributed by atoms with Crippen LogP contribution in [0, 0.1) is 11.3 Å². The number of aliphatic carboxylic acids is 1. The van der Waals surface area contributed by atoms with Crippen molar-refractivity contribution in [1.29, 1.82) is 0 Å². The smallest absolute Gasteiger partial charge is 0.311 e. The van der Waals surface area contributed by atoms with Crippen molar-refractivity contribution in [1.82, 2.24) is 14.7 Å². The van der Waals surface area contributed by atoms with Gasteiger partial charge in [0.1, 0.15) is 0 Å². The van der Waals surface area contributed by atoms with Gasteiger partial charge in [-0.25, -0.2) is 0 Å². The van der Waals surface area contributed by atoms with Gasteiger partial charge in [-0.2, -0.15) is 5.10 Å². The van der Waals surface area contributed by atoms with Crippen molar-refractivity contribution in [2.24, 2.45) is 11.3 Å². The molecule has 2 rings (SSSR count). The fourth-order valence-electron chi connectivity index (χ4n) is 3.22. The molecule has 1 fully saturated rings. The van der Waals surface area contributed by atoms with Gasteiger partial charge >= 0.3 is 5.97 Å². The van der Waals surface area contributed by atoms with Crippen LogP contribution in [0.5, 0.6) is 0 Å². The van der Waals surface area contributed by atoms with E-state index in [1.165, 1.54) is 0 Å². The van der Waals surface area contributed by atoms with Gasteiger partial charge in [0.2, 0.25) is 0 Å². The summed E-state index contributed by atoms with van der Waals surface area (Å²) in [6.45, 7) is 9.63. The number of hydrogen-bond donors (Lipinski definition) is 1. The maximum absolute atomic E-state index is 12.9. The molecule has 0 aliphatic carbocycles. The number of likely N-dealkylation sites (tertiary alicyclic amines) is 1. The lowest BCUT2D eigenvalue weighted by molar-refractivity contribution is -0.150. The second-order valence-corrected chi connectivity index (χ2v) is 7.13. The molecule has 1 N–H and O–H groups in total. The van der Waals surface area contributed by atoms with Crippen LogP contribution in [0.1, 0.15) is 56.6 Å². The summed E-state index contributed by atoms with van der Waals surface area (Å²) in [5.74, 6) is -0.473. The summed E-state index contributed by atoms with van der Waals surface area (Å²) in [5, 5.41) is 13.8. The monoisotopic (exact) mass is 321 g/mol. The maximum Gasteiger partial charge on any atom is 0.311 e. The molecule has 0 saturated carbocycles. The molecule has 0 bridgehead atoms. The molecule has 1 aromatic heterocycles. The van der Waals surface area contributed by atoms with E-state index in [4.69, 9.17) is 0 Å². The van der Waals surface area contributed by atoms with Crippen molar-refractivity contribution in [3.8, 4) is 0 Å². The summed E-state index contributed by atoms with van der Waals surface area (Å²) in [6, 6.07) is 0. The van der Waals surface area contributed by atoms with Crippen LogP contribution in [-0.2, 0) is 17.8 Å². The van der Waals surface area contributed by atoms with Crippen molar-refractivity contribution < 1.29 is 14.7 Å². The Labute approximate surface area is 137 Å². The maximum atomic E-state index is 12.9. The van der Waals surface area contributed by atoms with E-state index in [0.717, 1.165) is 25.1 Å². The standard InChI is InChI=1S/C17H27N3O3/c1-5-14-13(9-18-20(14)10-12(2)3)15(21)19-8-6-7-17(4,11-19)16(22)23/h9,12H,5-8,10-11H2,1-4H3,(H,22,23). The second kappa shape index (κ2) is 6.72. The Balaban J connectivity index is 2.23. The number of aromatic nitrogens is 2. The number of carboxylic acids is 1. The number of nitrogens with zero attached hydrogens (tertiary/aromatic N) is 3. The number of rotatable bonds is 5. The van der Waals surface area contributed by atoms with Gasteiger partial charge in [0.15, 0.2) is 0 Å². The van der Waals surface area contributed by atoms with Crippen molar-refractivity contribution in [3.63, 3.8) is 0 Å². The Morgan fingerprint density at radius 1 is 1.43 bits per heavy atom. The molecule has 1 aromatic rings. The van der Waals surface area contributed by atoms with Crippen molar-refractivity contribution in [2.45, 2.75) is 53.5 Å². The normalized spacial score (nSPS) is 21.7. The highest BCUT2D eigenvalue weighted by Gasteiger charge is 2.40. The predicted octanol–water partition coefficient (Wildman–Crippen LogP) is 2.43. The van der Waals surface area contributed by atoms with Gasteiger partial charge in [-0.15, -0.1) is 0 Å². The molecule has 2 heterocycles. The minimum Gasteiger partial charge on any atom is -0.481 e. The zero-order valence-electron chi connectivity index (χ0n) is 14.5. The lowest BCUT2D eigenvalue weighted by Gasteiger charge is -2.37. The molecule has 128 valence electrons. The minimum absolute atomic E-state index is 0.0935. The Hall–Kier alpha value is -1.85. The van der Waals surface area contributed by atoms with Crippen LogP contribution >= 0.6 is 0 Å². The fourth-order valence-corrected chi connectivity index (χ4v) is 3.22. The van der Waals surface area contributed by atoms with Gasteiger partial charge in [-0.1, -0.05) is 20.8 Å². The third-order valence-corrected chi connectivity index (χ3v) is 4.55. The van der Waals surface area contributed by atoms with E-state index in [0.29, 0.717) is 24.4 Å². The summed E-state index contributed by atoms with van der Waals surface area (Å²) in [4.78, 5) is 26.0. The summed E-state index contributed by atoms with van der Waals surface area (Å²) in [5.41, 5.74) is 0.697. The van der Waals surface area contributed by atoms with Crippen LogP contribution in [-0.4, -0.2) is 44.8 Å². The molecule has 6 nitrogen and oxygen atoms in total. The van der Waals surface area contributed by atoms with Gasteiger partial charge in [0.05, 0.1) is 22.9 Å². The number of carbonyl (C=O) groups is 2. The van der Waals surface area contributed by atoms with Crippen molar-refractivity contribution in [3.05, 3.63) is 17.5 Å². The number of amides is 1. The third kappa shape index (κ3) is 3.57.